The molecule has 1 unspecified atom stereocenters. The van der Waals surface area contributed by atoms with Gasteiger partial charge in [0.05, 0.1) is 5.56 Å². The van der Waals surface area contributed by atoms with Crippen LogP contribution < -0.4 is 10.9 Å². The SMILES string of the molecule is CCS(=O)CCNC(=O)c1ccc(=O)[nH]c1. The Morgan fingerprint density at radius 1 is 1.50 bits per heavy atom. The lowest BCUT2D eigenvalue weighted by atomic mass is 10.3. The summed E-state index contributed by atoms with van der Waals surface area (Å²) < 4.78 is 11.1. The van der Waals surface area contributed by atoms with E-state index in [-0.39, 0.29) is 11.5 Å². The highest BCUT2D eigenvalue weighted by atomic mass is 32.2. The Labute approximate surface area is 95.7 Å². The van der Waals surface area contributed by atoms with Crippen molar-refractivity contribution in [2.24, 2.45) is 0 Å². The minimum atomic E-state index is -0.876. The summed E-state index contributed by atoms with van der Waals surface area (Å²) in [6.45, 7) is 2.21. The predicted molar refractivity (Wildman–Crippen MR) is 62.9 cm³/mol. The molecule has 0 aliphatic rings. The monoisotopic (exact) mass is 242 g/mol. The fraction of sp³-hybridized carbons (Fsp3) is 0.400. The Morgan fingerprint density at radius 2 is 2.25 bits per heavy atom. The summed E-state index contributed by atoms with van der Waals surface area (Å²) in [5.41, 5.74) is 0.144. The molecule has 6 heteroatoms. The van der Waals surface area contributed by atoms with Crippen molar-refractivity contribution in [3.05, 3.63) is 34.2 Å². The number of aromatic amines is 1. The maximum Gasteiger partial charge on any atom is 0.252 e. The maximum absolute atomic E-state index is 11.5. The number of carbonyl (C=O) groups is 1. The second kappa shape index (κ2) is 6.22. The van der Waals surface area contributed by atoms with Crippen LogP contribution in [0.2, 0.25) is 0 Å². The molecule has 0 aromatic carbocycles. The quantitative estimate of drug-likeness (QED) is 0.755. The molecule has 0 radical (unpaired) electrons. The average molecular weight is 242 g/mol. The highest BCUT2D eigenvalue weighted by molar-refractivity contribution is 7.84. The summed E-state index contributed by atoms with van der Waals surface area (Å²) in [6, 6.07) is 2.74. The smallest absolute Gasteiger partial charge is 0.252 e. The van der Waals surface area contributed by atoms with Crippen molar-refractivity contribution < 1.29 is 9.00 Å². The zero-order chi connectivity index (χ0) is 12.0. The lowest BCUT2D eigenvalue weighted by molar-refractivity contribution is 0.0956. The molecule has 2 N–H and O–H groups in total. The lowest BCUT2D eigenvalue weighted by Crippen LogP contribution is -2.28. The Hall–Kier alpha value is -1.43. The number of aromatic nitrogens is 1. The van der Waals surface area contributed by atoms with Gasteiger partial charge in [-0.05, 0) is 6.07 Å². The summed E-state index contributed by atoms with van der Waals surface area (Å²) >= 11 is 0. The van der Waals surface area contributed by atoms with Crippen LogP contribution in [0.25, 0.3) is 0 Å². The van der Waals surface area contributed by atoms with E-state index in [1.165, 1.54) is 18.3 Å². The van der Waals surface area contributed by atoms with Gasteiger partial charge < -0.3 is 10.3 Å². The van der Waals surface area contributed by atoms with Crippen LogP contribution in [0.4, 0.5) is 0 Å². The van der Waals surface area contributed by atoms with E-state index in [1.807, 2.05) is 6.92 Å². The second-order valence-corrected chi connectivity index (χ2v) is 5.00. The Balaban J connectivity index is 2.44. The lowest BCUT2D eigenvalue weighted by Gasteiger charge is -2.03. The number of hydrogen-bond acceptors (Lipinski definition) is 3. The van der Waals surface area contributed by atoms with E-state index in [1.54, 1.807) is 0 Å². The van der Waals surface area contributed by atoms with Crippen LogP contribution in [-0.2, 0) is 10.8 Å². The van der Waals surface area contributed by atoms with Crippen LogP contribution in [0.5, 0.6) is 0 Å². The highest BCUT2D eigenvalue weighted by Crippen LogP contribution is 1.92. The summed E-state index contributed by atoms with van der Waals surface area (Å²) in [7, 11) is -0.876. The van der Waals surface area contributed by atoms with E-state index in [4.69, 9.17) is 0 Å². The van der Waals surface area contributed by atoms with Crippen LogP contribution in [0.15, 0.2) is 23.1 Å². The molecule has 0 fully saturated rings. The van der Waals surface area contributed by atoms with Gasteiger partial charge >= 0.3 is 0 Å². The van der Waals surface area contributed by atoms with Crippen molar-refractivity contribution >= 4 is 16.7 Å². The zero-order valence-electron chi connectivity index (χ0n) is 8.99. The summed E-state index contributed by atoms with van der Waals surface area (Å²) in [4.78, 5) is 24.7. The fourth-order valence-corrected chi connectivity index (χ4v) is 1.70. The number of nitrogens with one attached hydrogen (secondary N) is 2. The van der Waals surface area contributed by atoms with Gasteiger partial charge in [-0.3, -0.25) is 13.8 Å². The normalized spacial score (nSPS) is 12.1. The molecule has 5 nitrogen and oxygen atoms in total. The standard InChI is InChI=1S/C10H14N2O3S/c1-2-16(15)6-5-11-10(14)8-3-4-9(13)12-7-8/h3-4,7H,2,5-6H2,1H3,(H,11,14)(H,12,13). The molecular formula is C10H14N2O3S. The predicted octanol–water partition coefficient (Wildman–Crippen LogP) is -0.127. The molecule has 0 aliphatic heterocycles. The number of H-pyrrole nitrogens is 1. The molecule has 0 bridgehead atoms. The van der Waals surface area contributed by atoms with Crippen LogP contribution in [0.3, 0.4) is 0 Å². The van der Waals surface area contributed by atoms with Crippen molar-refractivity contribution in [1.29, 1.82) is 0 Å². The van der Waals surface area contributed by atoms with Crippen LogP contribution >= 0.6 is 0 Å². The van der Waals surface area contributed by atoms with Crippen LogP contribution in [0, 0.1) is 0 Å². The van der Waals surface area contributed by atoms with Gasteiger partial charge in [0.15, 0.2) is 0 Å². The number of carbonyl (C=O) groups excluding carboxylic acids is 1. The first-order valence-electron chi connectivity index (χ1n) is 4.95. The van der Waals surface area contributed by atoms with Gasteiger partial charge in [0.25, 0.3) is 5.91 Å². The summed E-state index contributed by atoms with van der Waals surface area (Å²) in [5, 5.41) is 2.63. The average Bonchev–Trinajstić information content (AvgIpc) is 2.29. The van der Waals surface area contributed by atoms with Crippen molar-refractivity contribution in [1.82, 2.24) is 10.3 Å². The second-order valence-electron chi connectivity index (χ2n) is 3.13. The number of pyridine rings is 1. The van der Waals surface area contributed by atoms with E-state index in [2.05, 4.69) is 10.3 Å². The fourth-order valence-electron chi connectivity index (χ4n) is 1.08. The Kier molecular flexibility index (Phi) is 4.91. The molecule has 1 rings (SSSR count). The van der Waals surface area contributed by atoms with Gasteiger partial charge in [0.1, 0.15) is 0 Å². The third-order valence-electron chi connectivity index (χ3n) is 1.98. The largest absolute Gasteiger partial charge is 0.351 e. The van der Waals surface area contributed by atoms with Crippen molar-refractivity contribution in [3.63, 3.8) is 0 Å². The first-order valence-corrected chi connectivity index (χ1v) is 6.44. The molecule has 88 valence electrons. The first-order chi connectivity index (χ1) is 7.63. The van der Waals surface area contributed by atoms with E-state index in [0.717, 1.165) is 0 Å². The minimum absolute atomic E-state index is 0.247. The molecule has 16 heavy (non-hydrogen) atoms. The molecule has 0 aliphatic carbocycles. The van der Waals surface area contributed by atoms with Gasteiger partial charge in [0, 0.05) is 41.1 Å². The van der Waals surface area contributed by atoms with Crippen molar-refractivity contribution in [3.8, 4) is 0 Å². The summed E-state index contributed by atoms with van der Waals surface area (Å²) in [5.74, 6) is 0.768. The van der Waals surface area contributed by atoms with Crippen molar-refractivity contribution in [2.45, 2.75) is 6.92 Å². The van der Waals surface area contributed by atoms with Gasteiger partial charge in [-0.25, -0.2) is 0 Å². The molecule has 1 aromatic heterocycles. The van der Waals surface area contributed by atoms with Crippen LogP contribution in [0.1, 0.15) is 17.3 Å². The zero-order valence-corrected chi connectivity index (χ0v) is 9.80. The minimum Gasteiger partial charge on any atom is -0.351 e. The molecular weight excluding hydrogens is 228 g/mol. The first kappa shape index (κ1) is 12.6. The Bertz CT molecular complexity index is 421. The third-order valence-corrected chi connectivity index (χ3v) is 3.29. The molecule has 1 atom stereocenters. The highest BCUT2D eigenvalue weighted by Gasteiger charge is 2.04. The Morgan fingerprint density at radius 3 is 2.81 bits per heavy atom. The van der Waals surface area contributed by atoms with E-state index in [0.29, 0.717) is 23.6 Å². The third kappa shape index (κ3) is 3.98. The van der Waals surface area contributed by atoms with Gasteiger partial charge in [-0.15, -0.1) is 0 Å². The molecule has 0 saturated carbocycles. The van der Waals surface area contributed by atoms with E-state index >= 15 is 0 Å². The molecule has 0 saturated heterocycles. The van der Waals surface area contributed by atoms with E-state index in [9.17, 15) is 13.8 Å². The molecule has 1 aromatic rings. The van der Waals surface area contributed by atoms with Gasteiger partial charge in [0.2, 0.25) is 5.56 Å². The van der Waals surface area contributed by atoms with Gasteiger partial charge in [-0.2, -0.15) is 0 Å². The van der Waals surface area contributed by atoms with Crippen LogP contribution in [-0.4, -0.2) is 33.2 Å². The van der Waals surface area contributed by atoms with Gasteiger partial charge in [-0.1, -0.05) is 6.92 Å². The van der Waals surface area contributed by atoms with Crippen molar-refractivity contribution in [2.75, 3.05) is 18.1 Å². The summed E-state index contributed by atoms with van der Waals surface area (Å²) in [6.07, 6.45) is 1.36. The molecule has 1 amide bonds. The van der Waals surface area contributed by atoms with E-state index < -0.39 is 10.8 Å². The number of rotatable bonds is 5. The topological polar surface area (TPSA) is 79.0 Å². The molecule has 0 spiro atoms. The maximum atomic E-state index is 11.5. The molecule has 1 heterocycles. The number of hydrogen-bond donors (Lipinski definition) is 2. The number of amides is 1.